The lowest BCUT2D eigenvalue weighted by Crippen LogP contribution is -2.27. The van der Waals surface area contributed by atoms with E-state index in [2.05, 4.69) is 31.5 Å². The largest absolute Gasteiger partial charge is 0.486 e. The van der Waals surface area contributed by atoms with E-state index in [0.717, 1.165) is 10.0 Å². The van der Waals surface area contributed by atoms with Crippen molar-refractivity contribution in [2.24, 2.45) is 0 Å². The van der Waals surface area contributed by atoms with Crippen LogP contribution in [0.15, 0.2) is 59.6 Å². The van der Waals surface area contributed by atoms with E-state index in [1.165, 1.54) is 0 Å². The van der Waals surface area contributed by atoms with Gasteiger partial charge in [0.05, 0.1) is 12.4 Å². The Morgan fingerprint density at radius 2 is 1.97 bits per heavy atom. The van der Waals surface area contributed by atoms with E-state index in [9.17, 15) is 9.59 Å². The molecular formula is C23H23BrN4O4. The Morgan fingerprint density at radius 3 is 2.72 bits per heavy atom. The number of carbonyl (C=O) groups is 2. The molecule has 166 valence electrons. The van der Waals surface area contributed by atoms with E-state index in [1.54, 1.807) is 43.0 Å². The number of ether oxygens (including phenoxy) is 2. The topological polar surface area (TPSA) is 94.5 Å². The number of hydrogen-bond acceptors (Lipinski definition) is 5. The molecule has 0 spiro atoms. The van der Waals surface area contributed by atoms with Crippen molar-refractivity contribution in [3.63, 3.8) is 0 Å². The molecule has 9 heteroatoms. The molecule has 2 aromatic carbocycles. The molecule has 0 bridgehead atoms. The molecule has 2 heterocycles. The van der Waals surface area contributed by atoms with Gasteiger partial charge in [-0.25, -0.2) is 4.98 Å². The highest BCUT2D eigenvalue weighted by Crippen LogP contribution is 2.37. The number of carbonyl (C=O) groups excluding carboxylic acids is 2. The first-order valence-electron chi connectivity index (χ1n) is 10.2. The summed E-state index contributed by atoms with van der Waals surface area (Å²) in [6.07, 6.45) is 5.45. The Balaban J connectivity index is 1.38. The van der Waals surface area contributed by atoms with Crippen molar-refractivity contribution in [2.75, 3.05) is 18.5 Å². The fourth-order valence-electron chi connectivity index (χ4n) is 3.38. The lowest BCUT2D eigenvalue weighted by molar-refractivity contribution is -0.116. The van der Waals surface area contributed by atoms with Gasteiger partial charge in [-0.15, -0.1) is 0 Å². The molecule has 3 aromatic rings. The van der Waals surface area contributed by atoms with Gasteiger partial charge in [-0.2, -0.15) is 0 Å². The summed E-state index contributed by atoms with van der Waals surface area (Å²) in [5, 5.41) is 5.83. The molecule has 1 atom stereocenters. The Bertz CT molecular complexity index is 1120. The normalized spacial score (nSPS) is 13.3. The average molecular weight is 499 g/mol. The number of aromatic nitrogens is 2. The maximum Gasteiger partial charge on any atom is 0.251 e. The van der Waals surface area contributed by atoms with Crippen molar-refractivity contribution in [1.29, 1.82) is 0 Å². The SMILES string of the molecule is CC(NC(=O)c1cccc(NC(=O)CCn2ccnc2)c1)c1cc2c(cc1Br)OCCO2. The van der Waals surface area contributed by atoms with Gasteiger partial charge in [-0.1, -0.05) is 22.0 Å². The predicted molar refractivity (Wildman–Crippen MR) is 123 cm³/mol. The number of rotatable bonds is 7. The molecular weight excluding hydrogens is 476 g/mol. The van der Waals surface area contributed by atoms with E-state index in [-0.39, 0.29) is 17.9 Å². The first-order valence-corrected chi connectivity index (χ1v) is 11.0. The van der Waals surface area contributed by atoms with Gasteiger partial charge in [0, 0.05) is 41.1 Å². The van der Waals surface area contributed by atoms with E-state index in [4.69, 9.17) is 9.47 Å². The van der Waals surface area contributed by atoms with Crippen LogP contribution >= 0.6 is 15.9 Å². The van der Waals surface area contributed by atoms with E-state index >= 15 is 0 Å². The number of amides is 2. The van der Waals surface area contributed by atoms with Crippen LogP contribution in [-0.4, -0.2) is 34.6 Å². The molecule has 1 aromatic heterocycles. The molecule has 32 heavy (non-hydrogen) atoms. The predicted octanol–water partition coefficient (Wildman–Crippen LogP) is 3.94. The Kier molecular flexibility index (Phi) is 6.75. The summed E-state index contributed by atoms with van der Waals surface area (Å²) in [6, 6.07) is 10.3. The summed E-state index contributed by atoms with van der Waals surface area (Å²) in [4.78, 5) is 29.0. The molecule has 0 saturated heterocycles. The van der Waals surface area contributed by atoms with Crippen LogP contribution in [0.4, 0.5) is 5.69 Å². The van der Waals surface area contributed by atoms with Gasteiger partial charge in [0.25, 0.3) is 5.91 Å². The maximum atomic E-state index is 12.8. The number of anilines is 1. The van der Waals surface area contributed by atoms with Crippen molar-refractivity contribution < 1.29 is 19.1 Å². The van der Waals surface area contributed by atoms with Crippen molar-refractivity contribution in [1.82, 2.24) is 14.9 Å². The molecule has 0 fully saturated rings. The Labute approximate surface area is 194 Å². The first kappa shape index (κ1) is 21.9. The molecule has 0 saturated carbocycles. The van der Waals surface area contributed by atoms with Crippen LogP contribution in [0.1, 0.15) is 35.3 Å². The van der Waals surface area contributed by atoms with Crippen molar-refractivity contribution in [3.05, 3.63) is 70.7 Å². The van der Waals surface area contributed by atoms with Crippen molar-refractivity contribution in [2.45, 2.75) is 25.9 Å². The van der Waals surface area contributed by atoms with E-state index < -0.39 is 0 Å². The van der Waals surface area contributed by atoms with Crippen LogP contribution in [0, 0.1) is 0 Å². The number of benzene rings is 2. The van der Waals surface area contributed by atoms with Crippen LogP contribution in [0.3, 0.4) is 0 Å². The Hall–Kier alpha value is -3.33. The standard InChI is InChI=1S/C23H23BrN4O4/c1-15(18-12-20-21(13-19(18)24)32-10-9-31-20)26-23(30)16-3-2-4-17(11-16)27-22(29)5-7-28-8-6-25-14-28/h2-4,6,8,11-15H,5,7,9-10H2,1H3,(H,26,30)(H,27,29). The highest BCUT2D eigenvalue weighted by atomic mass is 79.9. The van der Waals surface area contributed by atoms with Crippen LogP contribution in [0.2, 0.25) is 0 Å². The van der Waals surface area contributed by atoms with Crippen molar-refractivity contribution >= 4 is 33.4 Å². The molecule has 0 radical (unpaired) electrons. The summed E-state index contributed by atoms with van der Waals surface area (Å²) in [6.45, 7) is 3.45. The molecule has 2 amide bonds. The number of fused-ring (bicyclic) bond motifs is 1. The highest BCUT2D eigenvalue weighted by molar-refractivity contribution is 9.10. The summed E-state index contributed by atoms with van der Waals surface area (Å²) < 4.78 is 13.9. The molecule has 1 aliphatic heterocycles. The fraction of sp³-hybridized carbons (Fsp3) is 0.261. The second kappa shape index (κ2) is 9.86. The monoisotopic (exact) mass is 498 g/mol. The molecule has 1 unspecified atom stereocenters. The number of imidazole rings is 1. The fourth-order valence-corrected chi connectivity index (χ4v) is 4.05. The third kappa shape index (κ3) is 5.28. The number of nitrogens with one attached hydrogen (secondary N) is 2. The minimum atomic E-state index is -0.277. The van der Waals surface area contributed by atoms with Crippen LogP contribution in [-0.2, 0) is 11.3 Å². The number of aryl methyl sites for hydroxylation is 1. The summed E-state index contributed by atoms with van der Waals surface area (Å²) in [5.41, 5.74) is 1.91. The molecule has 2 N–H and O–H groups in total. The van der Waals surface area contributed by atoms with Crippen LogP contribution in [0.5, 0.6) is 11.5 Å². The van der Waals surface area contributed by atoms with Crippen LogP contribution in [0.25, 0.3) is 0 Å². The van der Waals surface area contributed by atoms with Crippen LogP contribution < -0.4 is 20.1 Å². The lowest BCUT2D eigenvalue weighted by Gasteiger charge is -2.22. The van der Waals surface area contributed by atoms with Gasteiger partial charge in [0.1, 0.15) is 13.2 Å². The second-order valence-electron chi connectivity index (χ2n) is 7.39. The zero-order valence-corrected chi connectivity index (χ0v) is 19.1. The van der Waals surface area contributed by atoms with Gasteiger partial charge >= 0.3 is 0 Å². The Morgan fingerprint density at radius 1 is 1.19 bits per heavy atom. The number of halogens is 1. The van der Waals surface area contributed by atoms with Gasteiger partial charge in [-0.3, -0.25) is 9.59 Å². The average Bonchev–Trinajstić information content (AvgIpc) is 3.31. The number of nitrogens with zero attached hydrogens (tertiary/aromatic N) is 2. The zero-order valence-electron chi connectivity index (χ0n) is 17.5. The summed E-state index contributed by atoms with van der Waals surface area (Å²) in [5.74, 6) is 0.969. The maximum absolute atomic E-state index is 12.8. The van der Waals surface area contributed by atoms with Crippen molar-refractivity contribution in [3.8, 4) is 11.5 Å². The van der Waals surface area contributed by atoms with E-state index in [1.807, 2.05) is 23.6 Å². The lowest BCUT2D eigenvalue weighted by atomic mass is 10.1. The van der Waals surface area contributed by atoms with Gasteiger partial charge in [0.2, 0.25) is 5.91 Å². The van der Waals surface area contributed by atoms with Gasteiger partial charge in [-0.05, 0) is 42.8 Å². The minimum absolute atomic E-state index is 0.134. The molecule has 1 aliphatic rings. The zero-order chi connectivity index (χ0) is 22.5. The summed E-state index contributed by atoms with van der Waals surface area (Å²) in [7, 11) is 0. The first-order chi connectivity index (χ1) is 15.5. The highest BCUT2D eigenvalue weighted by Gasteiger charge is 2.20. The third-order valence-electron chi connectivity index (χ3n) is 5.04. The number of hydrogen-bond donors (Lipinski definition) is 2. The van der Waals surface area contributed by atoms with E-state index in [0.29, 0.717) is 48.9 Å². The second-order valence-corrected chi connectivity index (χ2v) is 8.25. The van der Waals surface area contributed by atoms with Gasteiger partial charge < -0.3 is 24.7 Å². The third-order valence-corrected chi connectivity index (χ3v) is 5.73. The minimum Gasteiger partial charge on any atom is -0.486 e. The molecule has 8 nitrogen and oxygen atoms in total. The smallest absolute Gasteiger partial charge is 0.251 e. The molecule has 0 aliphatic carbocycles. The van der Waals surface area contributed by atoms with Gasteiger partial charge in [0.15, 0.2) is 11.5 Å². The summed E-state index contributed by atoms with van der Waals surface area (Å²) >= 11 is 3.55. The quantitative estimate of drug-likeness (QED) is 0.514. The molecule has 4 rings (SSSR count).